The highest BCUT2D eigenvalue weighted by Gasteiger charge is 2.15. The van der Waals surface area contributed by atoms with Crippen molar-refractivity contribution < 1.29 is 4.79 Å². The number of carbonyl (C=O) groups is 1. The number of halogens is 1. The number of nitrogens with zero attached hydrogens (tertiary/aromatic N) is 1. The van der Waals surface area contributed by atoms with Crippen LogP contribution in [0.15, 0.2) is 35.8 Å². The predicted molar refractivity (Wildman–Crippen MR) is 83.5 cm³/mol. The van der Waals surface area contributed by atoms with Crippen molar-refractivity contribution in [3.63, 3.8) is 0 Å². The van der Waals surface area contributed by atoms with E-state index in [2.05, 4.69) is 33.6 Å². The van der Waals surface area contributed by atoms with Gasteiger partial charge < -0.3 is 4.98 Å². The fraction of sp³-hybridized carbons (Fsp3) is 0. The molecule has 92 valence electrons. The molecular weight excluding hydrogens is 371 g/mol. The maximum atomic E-state index is 12.4. The molecule has 0 amide bonds. The van der Waals surface area contributed by atoms with Crippen molar-refractivity contribution in [1.82, 2.24) is 4.98 Å². The van der Waals surface area contributed by atoms with Crippen molar-refractivity contribution in [3.05, 3.63) is 55.4 Å². The van der Waals surface area contributed by atoms with Crippen LogP contribution in [0.25, 0.3) is 10.9 Å². The van der Waals surface area contributed by atoms with Crippen molar-refractivity contribution in [1.29, 1.82) is 5.26 Å². The lowest BCUT2D eigenvalue weighted by atomic mass is 10.0. The average molecular weight is 378 g/mol. The van der Waals surface area contributed by atoms with E-state index in [9.17, 15) is 4.79 Å². The Kier molecular flexibility index (Phi) is 3.12. The van der Waals surface area contributed by atoms with Gasteiger partial charge in [0.25, 0.3) is 0 Å². The number of hydrogen-bond donors (Lipinski definition) is 1. The Morgan fingerprint density at radius 3 is 2.89 bits per heavy atom. The number of fused-ring (bicyclic) bond motifs is 1. The number of carbonyl (C=O) groups excluding carboxylic acids is 1. The molecule has 0 aliphatic rings. The molecule has 0 fully saturated rings. The van der Waals surface area contributed by atoms with E-state index in [0.29, 0.717) is 16.7 Å². The molecular formula is C14H7IN2OS. The first kappa shape index (κ1) is 12.4. The summed E-state index contributed by atoms with van der Waals surface area (Å²) in [6, 6.07) is 9.27. The van der Waals surface area contributed by atoms with E-state index in [1.54, 1.807) is 29.7 Å². The minimum atomic E-state index is -0.0134. The van der Waals surface area contributed by atoms with Crippen molar-refractivity contribution in [2.45, 2.75) is 0 Å². The maximum Gasteiger partial charge on any atom is 0.196 e. The molecule has 3 aromatic rings. The molecule has 0 spiro atoms. The third-order valence-electron chi connectivity index (χ3n) is 2.89. The number of thiophene rings is 1. The summed E-state index contributed by atoms with van der Waals surface area (Å²) in [5.41, 5.74) is 2.73. The Balaban J connectivity index is 2.15. The molecule has 19 heavy (non-hydrogen) atoms. The van der Waals surface area contributed by atoms with Crippen molar-refractivity contribution in [2.75, 3.05) is 0 Å². The van der Waals surface area contributed by atoms with Crippen LogP contribution < -0.4 is 0 Å². The number of ketones is 1. The van der Waals surface area contributed by atoms with Crippen LogP contribution in [-0.4, -0.2) is 10.8 Å². The minimum Gasteiger partial charge on any atom is -0.360 e. The van der Waals surface area contributed by atoms with Gasteiger partial charge >= 0.3 is 0 Å². The van der Waals surface area contributed by atoms with Crippen LogP contribution in [0.2, 0.25) is 0 Å². The standard InChI is InChI=1S/C14H7IN2OS/c15-13-4-9(7-19-13)14(18)11-6-17-12-2-1-8(5-16)3-10(11)12/h1-4,6-7,17H. The summed E-state index contributed by atoms with van der Waals surface area (Å²) in [6.45, 7) is 0. The quantitative estimate of drug-likeness (QED) is 0.543. The fourth-order valence-corrected chi connectivity index (χ4v) is 3.29. The molecule has 1 N–H and O–H groups in total. The number of H-pyrrole nitrogens is 1. The van der Waals surface area contributed by atoms with Gasteiger partial charge in [-0.15, -0.1) is 11.3 Å². The van der Waals surface area contributed by atoms with Gasteiger partial charge in [0.1, 0.15) is 0 Å². The molecule has 0 bridgehead atoms. The molecule has 0 unspecified atom stereocenters. The third kappa shape index (κ3) is 2.17. The van der Waals surface area contributed by atoms with Crippen molar-refractivity contribution in [3.8, 4) is 6.07 Å². The van der Waals surface area contributed by atoms with E-state index < -0.39 is 0 Å². The normalized spacial score (nSPS) is 10.5. The van der Waals surface area contributed by atoms with Crippen molar-refractivity contribution >= 4 is 50.6 Å². The Bertz CT molecular complexity index is 825. The van der Waals surface area contributed by atoms with Gasteiger partial charge in [-0.1, -0.05) is 0 Å². The average Bonchev–Trinajstić information content (AvgIpc) is 3.03. The highest BCUT2D eigenvalue weighted by Crippen LogP contribution is 2.25. The van der Waals surface area contributed by atoms with E-state index in [0.717, 1.165) is 13.8 Å². The van der Waals surface area contributed by atoms with Gasteiger partial charge in [-0.25, -0.2) is 0 Å². The van der Waals surface area contributed by atoms with E-state index in [4.69, 9.17) is 5.26 Å². The second-order valence-electron chi connectivity index (χ2n) is 4.04. The Hall–Kier alpha value is -1.65. The van der Waals surface area contributed by atoms with Crippen LogP contribution in [0.3, 0.4) is 0 Å². The highest BCUT2D eigenvalue weighted by atomic mass is 127. The smallest absolute Gasteiger partial charge is 0.196 e. The molecule has 0 aliphatic carbocycles. The number of hydrogen-bond acceptors (Lipinski definition) is 3. The van der Waals surface area contributed by atoms with Crippen LogP contribution in [0.5, 0.6) is 0 Å². The zero-order valence-electron chi connectivity index (χ0n) is 9.61. The zero-order valence-corrected chi connectivity index (χ0v) is 12.6. The van der Waals surface area contributed by atoms with Gasteiger partial charge in [0.2, 0.25) is 0 Å². The minimum absolute atomic E-state index is 0.0134. The Morgan fingerprint density at radius 2 is 2.21 bits per heavy atom. The number of rotatable bonds is 2. The lowest BCUT2D eigenvalue weighted by Crippen LogP contribution is -1.98. The molecule has 0 radical (unpaired) electrons. The topological polar surface area (TPSA) is 56.6 Å². The van der Waals surface area contributed by atoms with Gasteiger partial charge in [-0.2, -0.15) is 5.26 Å². The van der Waals surface area contributed by atoms with Crippen LogP contribution in [0.1, 0.15) is 21.5 Å². The van der Waals surface area contributed by atoms with Gasteiger partial charge in [-0.05, 0) is 46.9 Å². The lowest BCUT2D eigenvalue weighted by molar-refractivity contribution is 0.104. The van der Waals surface area contributed by atoms with E-state index >= 15 is 0 Å². The number of nitrogens with one attached hydrogen (secondary N) is 1. The summed E-state index contributed by atoms with van der Waals surface area (Å²) in [4.78, 5) is 15.5. The molecule has 2 heterocycles. The van der Waals surface area contributed by atoms with Gasteiger partial charge in [0.15, 0.2) is 5.78 Å². The van der Waals surface area contributed by atoms with Gasteiger partial charge in [0.05, 0.1) is 14.5 Å². The molecule has 1 aromatic carbocycles. The number of benzene rings is 1. The fourth-order valence-electron chi connectivity index (χ4n) is 1.96. The van der Waals surface area contributed by atoms with E-state index in [-0.39, 0.29) is 5.78 Å². The molecule has 0 saturated heterocycles. The molecule has 5 heteroatoms. The summed E-state index contributed by atoms with van der Waals surface area (Å²) in [7, 11) is 0. The zero-order chi connectivity index (χ0) is 13.4. The lowest BCUT2D eigenvalue weighted by Gasteiger charge is -1.97. The van der Waals surface area contributed by atoms with Crippen LogP contribution in [0.4, 0.5) is 0 Å². The molecule has 2 aromatic heterocycles. The highest BCUT2D eigenvalue weighted by molar-refractivity contribution is 14.1. The Labute approximate surface area is 127 Å². The van der Waals surface area contributed by atoms with Crippen LogP contribution in [0, 0.1) is 14.2 Å². The summed E-state index contributed by atoms with van der Waals surface area (Å²) >= 11 is 3.74. The van der Waals surface area contributed by atoms with Crippen molar-refractivity contribution in [2.24, 2.45) is 0 Å². The number of aromatic amines is 1. The van der Waals surface area contributed by atoms with Gasteiger partial charge in [0, 0.05) is 33.6 Å². The SMILES string of the molecule is N#Cc1ccc2[nH]cc(C(=O)c3csc(I)c3)c2c1. The summed E-state index contributed by atoms with van der Waals surface area (Å²) < 4.78 is 1.08. The first-order chi connectivity index (χ1) is 9.19. The van der Waals surface area contributed by atoms with Gasteiger partial charge in [-0.3, -0.25) is 4.79 Å². The summed E-state index contributed by atoms with van der Waals surface area (Å²) in [6.07, 6.45) is 1.71. The summed E-state index contributed by atoms with van der Waals surface area (Å²) in [5, 5.41) is 11.6. The number of aromatic nitrogens is 1. The molecule has 3 rings (SSSR count). The third-order valence-corrected chi connectivity index (χ3v) is 4.67. The largest absolute Gasteiger partial charge is 0.360 e. The Morgan fingerprint density at radius 1 is 1.37 bits per heavy atom. The monoisotopic (exact) mass is 378 g/mol. The number of nitriles is 1. The second-order valence-corrected chi connectivity index (χ2v) is 6.85. The molecule has 0 aliphatic heterocycles. The first-order valence-electron chi connectivity index (χ1n) is 5.49. The predicted octanol–water partition coefficient (Wildman–Crippen LogP) is 3.94. The van der Waals surface area contributed by atoms with E-state index in [1.807, 2.05) is 17.5 Å². The first-order valence-corrected chi connectivity index (χ1v) is 7.45. The summed E-state index contributed by atoms with van der Waals surface area (Å²) in [5.74, 6) is -0.0134. The molecule has 0 saturated carbocycles. The second kappa shape index (κ2) is 4.79. The van der Waals surface area contributed by atoms with Crippen LogP contribution in [-0.2, 0) is 0 Å². The molecule has 0 atom stereocenters. The maximum absolute atomic E-state index is 12.4. The van der Waals surface area contributed by atoms with E-state index in [1.165, 1.54) is 0 Å². The van der Waals surface area contributed by atoms with Crippen LogP contribution >= 0.6 is 33.9 Å². The molecule has 3 nitrogen and oxygen atoms in total.